The van der Waals surface area contributed by atoms with Crippen LogP contribution in [0.4, 0.5) is 14.6 Å². The molecule has 0 saturated heterocycles. The van der Waals surface area contributed by atoms with Crippen LogP contribution in [-0.4, -0.2) is 23.1 Å². The lowest BCUT2D eigenvalue weighted by atomic mass is 10.0. The Labute approximate surface area is 142 Å². The lowest BCUT2D eigenvalue weighted by molar-refractivity contribution is -0.0503. The van der Waals surface area contributed by atoms with Crippen molar-refractivity contribution in [2.75, 3.05) is 11.9 Å². The highest BCUT2D eigenvalue weighted by Crippen LogP contribution is 2.28. The van der Waals surface area contributed by atoms with Gasteiger partial charge in [0.15, 0.2) is 0 Å². The van der Waals surface area contributed by atoms with Gasteiger partial charge in [-0.05, 0) is 34.9 Å². The van der Waals surface area contributed by atoms with Crippen molar-refractivity contribution in [2.24, 2.45) is 0 Å². The molecule has 1 N–H and O–H groups in total. The summed E-state index contributed by atoms with van der Waals surface area (Å²) in [5, 5.41) is 5.24. The van der Waals surface area contributed by atoms with E-state index in [-0.39, 0.29) is 5.75 Å². The number of rotatable bonds is 6. The summed E-state index contributed by atoms with van der Waals surface area (Å²) >= 11 is 5.79. The predicted molar refractivity (Wildman–Crippen MR) is 89.8 cm³/mol. The van der Waals surface area contributed by atoms with Gasteiger partial charge in [-0.2, -0.15) is 8.78 Å². The molecule has 3 rings (SSSR count). The number of nitrogens with one attached hydrogen (secondary N) is 1. The van der Waals surface area contributed by atoms with Crippen LogP contribution in [0.2, 0.25) is 5.15 Å². The second-order valence-electron chi connectivity index (χ2n) is 5.09. The van der Waals surface area contributed by atoms with Crippen molar-refractivity contribution in [3.63, 3.8) is 0 Å². The zero-order chi connectivity index (χ0) is 16.9. The predicted octanol–water partition coefficient (Wildman–Crippen LogP) is 4.54. The summed E-state index contributed by atoms with van der Waals surface area (Å²) in [4.78, 5) is 7.83. The number of benzene rings is 2. The first-order chi connectivity index (χ1) is 11.6. The van der Waals surface area contributed by atoms with Crippen LogP contribution in [0.25, 0.3) is 10.8 Å². The number of aromatic nitrogens is 2. The molecule has 2 aromatic carbocycles. The van der Waals surface area contributed by atoms with Gasteiger partial charge in [-0.3, -0.25) is 0 Å². The highest BCUT2D eigenvalue weighted by Gasteiger charge is 2.11. The van der Waals surface area contributed by atoms with Gasteiger partial charge in [0.25, 0.3) is 0 Å². The Kier molecular flexibility index (Phi) is 5.05. The zero-order valence-corrected chi connectivity index (χ0v) is 13.3. The fourth-order valence-electron chi connectivity index (χ4n) is 2.42. The van der Waals surface area contributed by atoms with Gasteiger partial charge >= 0.3 is 6.61 Å². The van der Waals surface area contributed by atoms with E-state index in [0.29, 0.717) is 29.5 Å². The molecule has 24 heavy (non-hydrogen) atoms. The second kappa shape index (κ2) is 7.40. The minimum atomic E-state index is -2.86. The summed E-state index contributed by atoms with van der Waals surface area (Å²) in [6.45, 7) is -2.37. The second-order valence-corrected chi connectivity index (χ2v) is 5.48. The zero-order valence-electron chi connectivity index (χ0n) is 12.5. The van der Waals surface area contributed by atoms with Crippen molar-refractivity contribution in [1.29, 1.82) is 0 Å². The number of fused-ring (bicyclic) bond motifs is 1. The number of halogens is 3. The SMILES string of the molecule is FC(F)Oc1cc2ccccc2cc1CCNc1cc(Cl)ncn1. The molecule has 0 radical (unpaired) electrons. The Bertz CT molecular complexity index is 845. The summed E-state index contributed by atoms with van der Waals surface area (Å²) < 4.78 is 30.0. The molecule has 0 fully saturated rings. The smallest absolute Gasteiger partial charge is 0.387 e. The first kappa shape index (κ1) is 16.4. The lowest BCUT2D eigenvalue weighted by Gasteiger charge is -2.13. The normalized spacial score (nSPS) is 11.0. The number of nitrogens with zero attached hydrogens (tertiary/aromatic N) is 2. The van der Waals surface area contributed by atoms with Crippen LogP contribution < -0.4 is 10.1 Å². The topological polar surface area (TPSA) is 47.0 Å². The van der Waals surface area contributed by atoms with Crippen molar-refractivity contribution >= 4 is 28.2 Å². The Balaban J connectivity index is 1.78. The van der Waals surface area contributed by atoms with Crippen molar-refractivity contribution in [3.8, 4) is 5.75 Å². The van der Waals surface area contributed by atoms with Gasteiger partial charge in [0, 0.05) is 12.6 Å². The molecule has 1 heterocycles. The Morgan fingerprint density at radius 2 is 1.83 bits per heavy atom. The van der Waals surface area contributed by atoms with Gasteiger partial charge in [-0.1, -0.05) is 35.9 Å². The third kappa shape index (κ3) is 4.08. The average Bonchev–Trinajstić information content (AvgIpc) is 2.55. The minimum absolute atomic E-state index is 0.186. The lowest BCUT2D eigenvalue weighted by Crippen LogP contribution is -2.09. The number of hydrogen-bond acceptors (Lipinski definition) is 4. The van der Waals surface area contributed by atoms with Crippen molar-refractivity contribution in [2.45, 2.75) is 13.0 Å². The maximum Gasteiger partial charge on any atom is 0.387 e. The molecule has 0 aliphatic heterocycles. The first-order valence-electron chi connectivity index (χ1n) is 7.30. The third-order valence-electron chi connectivity index (χ3n) is 3.48. The highest BCUT2D eigenvalue weighted by atomic mass is 35.5. The summed E-state index contributed by atoms with van der Waals surface area (Å²) in [5.41, 5.74) is 0.696. The van der Waals surface area contributed by atoms with Gasteiger partial charge in [0.2, 0.25) is 0 Å². The van der Waals surface area contributed by atoms with Gasteiger partial charge in [0.1, 0.15) is 23.0 Å². The van der Waals surface area contributed by atoms with Crippen LogP contribution in [0.15, 0.2) is 48.8 Å². The number of alkyl halides is 2. The molecule has 0 spiro atoms. The van der Waals surface area contributed by atoms with E-state index in [1.807, 2.05) is 30.3 Å². The molecule has 0 amide bonds. The van der Waals surface area contributed by atoms with Crippen LogP contribution in [0.5, 0.6) is 5.75 Å². The molecule has 0 saturated carbocycles. The van der Waals surface area contributed by atoms with E-state index in [9.17, 15) is 8.78 Å². The molecule has 3 aromatic rings. The third-order valence-corrected chi connectivity index (χ3v) is 3.69. The van der Waals surface area contributed by atoms with E-state index in [1.165, 1.54) is 6.33 Å². The maximum absolute atomic E-state index is 12.7. The summed E-state index contributed by atoms with van der Waals surface area (Å²) in [6.07, 6.45) is 1.85. The quantitative estimate of drug-likeness (QED) is 0.664. The summed E-state index contributed by atoms with van der Waals surface area (Å²) in [7, 11) is 0. The van der Waals surface area contributed by atoms with E-state index in [0.717, 1.165) is 10.8 Å². The van der Waals surface area contributed by atoms with Crippen LogP contribution >= 0.6 is 11.6 Å². The maximum atomic E-state index is 12.7. The van der Waals surface area contributed by atoms with Gasteiger partial charge in [-0.15, -0.1) is 0 Å². The summed E-state index contributed by atoms with van der Waals surface area (Å²) in [5.74, 6) is 0.762. The Morgan fingerprint density at radius 3 is 2.54 bits per heavy atom. The fourth-order valence-corrected chi connectivity index (χ4v) is 2.57. The molecule has 0 unspecified atom stereocenters. The minimum Gasteiger partial charge on any atom is -0.435 e. The largest absolute Gasteiger partial charge is 0.435 e. The summed E-state index contributed by atoms with van der Waals surface area (Å²) in [6, 6.07) is 12.6. The molecule has 4 nitrogen and oxygen atoms in total. The molecule has 7 heteroatoms. The fraction of sp³-hybridized carbons (Fsp3) is 0.176. The van der Waals surface area contributed by atoms with E-state index in [2.05, 4.69) is 20.0 Å². The van der Waals surface area contributed by atoms with Crippen LogP contribution in [0.3, 0.4) is 0 Å². The van der Waals surface area contributed by atoms with Crippen molar-refractivity contribution in [3.05, 3.63) is 59.5 Å². The monoisotopic (exact) mass is 349 g/mol. The molecule has 0 atom stereocenters. The molecular weight excluding hydrogens is 336 g/mol. The van der Waals surface area contributed by atoms with Gasteiger partial charge < -0.3 is 10.1 Å². The average molecular weight is 350 g/mol. The van der Waals surface area contributed by atoms with E-state index in [1.54, 1.807) is 12.1 Å². The van der Waals surface area contributed by atoms with Crippen LogP contribution in [0.1, 0.15) is 5.56 Å². The van der Waals surface area contributed by atoms with E-state index in [4.69, 9.17) is 11.6 Å². The first-order valence-corrected chi connectivity index (χ1v) is 7.67. The number of anilines is 1. The number of ether oxygens (including phenoxy) is 1. The molecule has 124 valence electrons. The Hall–Kier alpha value is -2.47. The molecule has 0 bridgehead atoms. The number of hydrogen-bond donors (Lipinski definition) is 1. The molecule has 0 aliphatic carbocycles. The van der Waals surface area contributed by atoms with Crippen molar-refractivity contribution in [1.82, 2.24) is 9.97 Å². The molecular formula is C17H14ClF2N3O. The van der Waals surface area contributed by atoms with Crippen molar-refractivity contribution < 1.29 is 13.5 Å². The van der Waals surface area contributed by atoms with Gasteiger partial charge in [0.05, 0.1) is 0 Å². The Morgan fingerprint density at radius 1 is 1.08 bits per heavy atom. The van der Waals surface area contributed by atoms with Crippen LogP contribution in [0, 0.1) is 0 Å². The van der Waals surface area contributed by atoms with Crippen LogP contribution in [-0.2, 0) is 6.42 Å². The van der Waals surface area contributed by atoms with Gasteiger partial charge in [-0.25, -0.2) is 9.97 Å². The highest BCUT2D eigenvalue weighted by molar-refractivity contribution is 6.29. The van der Waals surface area contributed by atoms with E-state index < -0.39 is 6.61 Å². The van der Waals surface area contributed by atoms with E-state index >= 15 is 0 Å². The standard InChI is InChI=1S/C17H14ClF2N3O/c18-15-9-16(23-10-22-15)21-6-5-13-7-11-3-1-2-4-12(11)8-14(13)24-17(19)20/h1-4,7-10,17H,5-6H2,(H,21,22,23). The molecule has 0 aliphatic rings. The molecule has 1 aromatic heterocycles.